The molecule has 1 nitrogen and oxygen atoms in total. The molecule has 0 aliphatic rings. The minimum Gasteiger partial charge on any atom is -0.309 e. The van der Waals surface area contributed by atoms with Gasteiger partial charge < -0.3 is 5.32 Å². The van der Waals surface area contributed by atoms with E-state index in [0.29, 0.717) is 10.0 Å². The summed E-state index contributed by atoms with van der Waals surface area (Å²) < 4.78 is 0. The Hall–Kier alpha value is -0.730. The van der Waals surface area contributed by atoms with Gasteiger partial charge in [-0.15, -0.1) is 0 Å². The van der Waals surface area contributed by atoms with Crippen molar-refractivity contribution in [2.45, 2.75) is 13.1 Å². The van der Waals surface area contributed by atoms with Gasteiger partial charge in [-0.1, -0.05) is 46.9 Å². The molecule has 0 heterocycles. The first-order valence-electron chi connectivity index (χ1n) is 5.53. The summed E-state index contributed by atoms with van der Waals surface area (Å²) in [5.41, 5.74) is 2.26. The van der Waals surface area contributed by atoms with E-state index in [-0.39, 0.29) is 0 Å². The van der Waals surface area contributed by atoms with Crippen molar-refractivity contribution in [1.82, 2.24) is 5.32 Å². The average Bonchev–Trinajstić information content (AvgIpc) is 2.30. The SMILES string of the molecule is Clc1ccc(CNCc2cc(Cl)cc(Cl)c2)cc1. The topological polar surface area (TPSA) is 12.0 Å². The molecule has 0 aromatic heterocycles. The molecule has 18 heavy (non-hydrogen) atoms. The predicted molar refractivity (Wildman–Crippen MR) is 78.5 cm³/mol. The third kappa shape index (κ3) is 4.18. The van der Waals surface area contributed by atoms with E-state index < -0.39 is 0 Å². The lowest BCUT2D eigenvalue weighted by Crippen LogP contribution is -2.12. The molecule has 94 valence electrons. The van der Waals surface area contributed by atoms with Gasteiger partial charge >= 0.3 is 0 Å². The predicted octanol–water partition coefficient (Wildman–Crippen LogP) is 4.94. The molecule has 0 unspecified atom stereocenters. The van der Waals surface area contributed by atoms with E-state index in [1.807, 2.05) is 36.4 Å². The quantitative estimate of drug-likeness (QED) is 0.843. The first-order chi connectivity index (χ1) is 8.63. The van der Waals surface area contributed by atoms with Crippen LogP contribution in [0, 0.1) is 0 Å². The normalized spacial score (nSPS) is 10.6. The molecule has 0 aliphatic heterocycles. The summed E-state index contributed by atoms with van der Waals surface area (Å²) in [5.74, 6) is 0. The van der Waals surface area contributed by atoms with E-state index in [1.54, 1.807) is 6.07 Å². The number of hydrogen-bond acceptors (Lipinski definition) is 1. The molecule has 0 amide bonds. The Kier molecular flexibility index (Phi) is 4.90. The highest BCUT2D eigenvalue weighted by Crippen LogP contribution is 2.19. The highest BCUT2D eigenvalue weighted by atomic mass is 35.5. The van der Waals surface area contributed by atoms with Gasteiger partial charge in [0, 0.05) is 28.2 Å². The van der Waals surface area contributed by atoms with Crippen molar-refractivity contribution in [3.8, 4) is 0 Å². The van der Waals surface area contributed by atoms with Crippen LogP contribution in [-0.4, -0.2) is 0 Å². The molecule has 2 rings (SSSR count). The summed E-state index contributed by atoms with van der Waals surface area (Å²) in [5, 5.41) is 5.40. The molecule has 2 aromatic rings. The maximum Gasteiger partial charge on any atom is 0.0424 e. The zero-order valence-corrected chi connectivity index (χ0v) is 11.9. The van der Waals surface area contributed by atoms with Gasteiger partial charge in [0.1, 0.15) is 0 Å². The Morgan fingerprint density at radius 2 is 1.22 bits per heavy atom. The van der Waals surface area contributed by atoms with Crippen LogP contribution >= 0.6 is 34.8 Å². The Morgan fingerprint density at radius 3 is 1.83 bits per heavy atom. The molecule has 0 saturated carbocycles. The molecule has 0 atom stereocenters. The molecule has 0 saturated heterocycles. The van der Waals surface area contributed by atoms with Gasteiger partial charge in [0.2, 0.25) is 0 Å². The zero-order chi connectivity index (χ0) is 13.0. The first-order valence-corrected chi connectivity index (χ1v) is 6.67. The Balaban J connectivity index is 1.90. The standard InChI is InChI=1S/C14H12Cl3N/c15-12-3-1-10(2-4-12)8-18-9-11-5-13(16)7-14(17)6-11/h1-7,18H,8-9H2. The van der Waals surface area contributed by atoms with Crippen LogP contribution in [0.1, 0.15) is 11.1 Å². The van der Waals surface area contributed by atoms with Crippen molar-refractivity contribution in [1.29, 1.82) is 0 Å². The fourth-order valence-electron chi connectivity index (χ4n) is 1.67. The Bertz CT molecular complexity index is 503. The van der Waals surface area contributed by atoms with Crippen LogP contribution in [0.2, 0.25) is 15.1 Å². The highest BCUT2D eigenvalue weighted by Gasteiger charge is 1.98. The summed E-state index contributed by atoms with van der Waals surface area (Å²) in [7, 11) is 0. The second-order valence-corrected chi connectivity index (χ2v) is 5.32. The maximum atomic E-state index is 5.94. The van der Waals surface area contributed by atoms with Crippen LogP contribution in [-0.2, 0) is 13.1 Å². The van der Waals surface area contributed by atoms with E-state index in [4.69, 9.17) is 34.8 Å². The first kappa shape index (κ1) is 13.7. The van der Waals surface area contributed by atoms with Crippen molar-refractivity contribution in [3.63, 3.8) is 0 Å². The summed E-state index contributed by atoms with van der Waals surface area (Å²) in [6.45, 7) is 1.50. The smallest absolute Gasteiger partial charge is 0.0424 e. The van der Waals surface area contributed by atoms with Gasteiger partial charge in [-0.3, -0.25) is 0 Å². The van der Waals surface area contributed by atoms with E-state index in [9.17, 15) is 0 Å². The molecule has 0 aliphatic carbocycles. The number of benzene rings is 2. The zero-order valence-electron chi connectivity index (χ0n) is 9.59. The molecule has 1 N–H and O–H groups in total. The van der Waals surface area contributed by atoms with Gasteiger partial charge in [0.15, 0.2) is 0 Å². The second kappa shape index (κ2) is 6.44. The highest BCUT2D eigenvalue weighted by molar-refractivity contribution is 6.34. The van der Waals surface area contributed by atoms with Gasteiger partial charge in [0.25, 0.3) is 0 Å². The third-order valence-corrected chi connectivity index (χ3v) is 3.18. The monoisotopic (exact) mass is 299 g/mol. The molecule has 2 aromatic carbocycles. The van der Waals surface area contributed by atoms with E-state index in [0.717, 1.165) is 23.7 Å². The van der Waals surface area contributed by atoms with Crippen LogP contribution in [0.5, 0.6) is 0 Å². The van der Waals surface area contributed by atoms with Crippen LogP contribution in [0.4, 0.5) is 0 Å². The minimum atomic E-state index is 0.658. The van der Waals surface area contributed by atoms with Crippen LogP contribution in [0.25, 0.3) is 0 Å². The fraction of sp³-hybridized carbons (Fsp3) is 0.143. The van der Waals surface area contributed by atoms with Gasteiger partial charge in [0.05, 0.1) is 0 Å². The summed E-state index contributed by atoms with van der Waals surface area (Å²) in [6.07, 6.45) is 0. The lowest BCUT2D eigenvalue weighted by atomic mass is 10.2. The minimum absolute atomic E-state index is 0.658. The maximum absolute atomic E-state index is 5.94. The van der Waals surface area contributed by atoms with Crippen molar-refractivity contribution < 1.29 is 0 Å². The molecular formula is C14H12Cl3N. The van der Waals surface area contributed by atoms with Crippen molar-refractivity contribution in [3.05, 3.63) is 68.7 Å². The number of hydrogen-bond donors (Lipinski definition) is 1. The van der Waals surface area contributed by atoms with Crippen molar-refractivity contribution in [2.24, 2.45) is 0 Å². The molecule has 4 heteroatoms. The fourth-order valence-corrected chi connectivity index (χ4v) is 2.36. The van der Waals surface area contributed by atoms with E-state index in [1.165, 1.54) is 5.56 Å². The van der Waals surface area contributed by atoms with Crippen LogP contribution in [0.3, 0.4) is 0 Å². The number of nitrogens with one attached hydrogen (secondary N) is 1. The Labute approximate surface area is 122 Å². The summed E-state index contributed by atoms with van der Waals surface area (Å²) >= 11 is 17.7. The third-order valence-electron chi connectivity index (χ3n) is 2.49. The lowest BCUT2D eigenvalue weighted by Gasteiger charge is -2.06. The van der Waals surface area contributed by atoms with Gasteiger partial charge in [-0.2, -0.15) is 0 Å². The van der Waals surface area contributed by atoms with E-state index >= 15 is 0 Å². The largest absolute Gasteiger partial charge is 0.309 e. The van der Waals surface area contributed by atoms with Gasteiger partial charge in [-0.05, 0) is 41.5 Å². The molecule has 0 spiro atoms. The van der Waals surface area contributed by atoms with Crippen LogP contribution < -0.4 is 5.32 Å². The molecule has 0 fully saturated rings. The van der Waals surface area contributed by atoms with E-state index in [2.05, 4.69) is 5.32 Å². The lowest BCUT2D eigenvalue weighted by molar-refractivity contribution is 0.693. The molecule has 0 bridgehead atoms. The Morgan fingerprint density at radius 1 is 0.667 bits per heavy atom. The number of halogens is 3. The molecular weight excluding hydrogens is 289 g/mol. The van der Waals surface area contributed by atoms with Crippen molar-refractivity contribution >= 4 is 34.8 Å². The number of rotatable bonds is 4. The summed E-state index contributed by atoms with van der Waals surface area (Å²) in [6, 6.07) is 13.3. The van der Waals surface area contributed by atoms with Crippen molar-refractivity contribution in [2.75, 3.05) is 0 Å². The van der Waals surface area contributed by atoms with Crippen LogP contribution in [0.15, 0.2) is 42.5 Å². The summed E-state index contributed by atoms with van der Waals surface area (Å²) in [4.78, 5) is 0. The second-order valence-electron chi connectivity index (χ2n) is 4.01. The van der Waals surface area contributed by atoms with Gasteiger partial charge in [-0.25, -0.2) is 0 Å². The average molecular weight is 301 g/mol. The molecule has 0 radical (unpaired) electrons.